The first-order valence-corrected chi connectivity index (χ1v) is 40.9. The molecule has 0 aliphatic rings. The van der Waals surface area contributed by atoms with E-state index in [0.29, 0.717) is 0 Å². The Morgan fingerprint density at radius 3 is 0.264 bits per heavy atom. The van der Waals surface area contributed by atoms with E-state index < -0.39 is 7.38 Å². The van der Waals surface area contributed by atoms with Crippen LogP contribution in [0.1, 0.15) is 0 Å². The molecular formula is C108H75ClSi. The molecule has 0 atom stereocenters. The van der Waals surface area contributed by atoms with Gasteiger partial charge < -0.3 is 0 Å². The monoisotopic (exact) mass is 1430 g/mol. The van der Waals surface area contributed by atoms with Crippen molar-refractivity contribution < 1.29 is 0 Å². The molecular weight excluding hydrogens is 1360 g/mol. The minimum atomic E-state index is -5.13. The second-order valence-corrected chi connectivity index (χ2v) is 32.4. The Bertz CT molecular complexity index is 5270. The molecule has 0 heterocycles. The predicted octanol–water partition coefficient (Wildman–Crippen LogP) is 27.9. The van der Waals surface area contributed by atoms with Crippen LogP contribution in [0.2, 0.25) is 0 Å². The standard InChI is InChI=1S/C108H75ClSi/c109-110(106-100(85-64-34-10-35-65-85)94(79-52-22-4-23-53-79)91(76-46-16-1-17-47-76)95(80-54-24-5-25-55-80)101(106)86-66-36-11-37-67-86,107-102(87-68-38-12-39-69-87)96(81-56-26-6-27-57-81)92(77-48-18-2-19-49-77)97(82-58-28-7-29-59-82)103(107)88-70-40-13-41-71-88)108-104(89-72-42-14-43-73-89)98(83-60-30-8-31-61-83)93(78-50-20-3-21-51-78)99(84-62-32-9-33-63-84)105(108)90-74-44-15-45-75-90/h1-75H. The zero-order valence-corrected chi connectivity index (χ0v) is 62.4. The zero-order chi connectivity index (χ0) is 73.6. The number of hydrogen-bond donors (Lipinski definition) is 0. The molecule has 0 saturated heterocycles. The summed E-state index contributed by atoms with van der Waals surface area (Å²) in [5.74, 6) is 0. The van der Waals surface area contributed by atoms with Gasteiger partial charge in [-0.3, -0.25) is 0 Å². The zero-order valence-electron chi connectivity index (χ0n) is 60.7. The quantitative estimate of drug-likeness (QED) is 0.0456. The average molecular weight is 1440 g/mol. The molecule has 518 valence electrons. The molecule has 18 aromatic rings. The van der Waals surface area contributed by atoms with E-state index in [-0.39, 0.29) is 0 Å². The summed E-state index contributed by atoms with van der Waals surface area (Å²) in [5.41, 5.74) is 31.6. The van der Waals surface area contributed by atoms with E-state index in [9.17, 15) is 11.1 Å². The van der Waals surface area contributed by atoms with Gasteiger partial charge >= 0.3 is 0 Å². The molecule has 0 spiro atoms. The van der Waals surface area contributed by atoms with Crippen LogP contribution in [0.5, 0.6) is 0 Å². The summed E-state index contributed by atoms with van der Waals surface area (Å²) in [7, 11) is -5.13. The summed E-state index contributed by atoms with van der Waals surface area (Å²) in [6.45, 7) is 0. The second-order valence-electron chi connectivity index (χ2n) is 27.9. The first-order chi connectivity index (χ1) is 54.6. The van der Waals surface area contributed by atoms with Gasteiger partial charge in [0.15, 0.2) is 0 Å². The third-order valence-corrected chi connectivity index (χ3v) is 26.7. The van der Waals surface area contributed by atoms with Gasteiger partial charge in [0.05, 0.1) is 0 Å². The van der Waals surface area contributed by atoms with Crippen molar-refractivity contribution in [2.45, 2.75) is 0 Å². The molecule has 0 saturated carbocycles. The number of hydrogen-bond acceptors (Lipinski definition) is 0. The van der Waals surface area contributed by atoms with Gasteiger partial charge in [0.25, 0.3) is 7.38 Å². The van der Waals surface area contributed by atoms with Crippen molar-refractivity contribution in [1.82, 2.24) is 0 Å². The maximum absolute atomic E-state index is 11.5. The topological polar surface area (TPSA) is 0 Å². The molecule has 2 heteroatoms. The summed E-state index contributed by atoms with van der Waals surface area (Å²) in [4.78, 5) is 0. The molecule has 0 N–H and O–H groups in total. The molecule has 110 heavy (non-hydrogen) atoms. The van der Waals surface area contributed by atoms with E-state index in [0.717, 1.165) is 182 Å². The highest BCUT2D eigenvalue weighted by molar-refractivity contribution is 7.42. The van der Waals surface area contributed by atoms with Gasteiger partial charge in [0.1, 0.15) is 0 Å². The molecule has 0 nitrogen and oxygen atoms in total. The Morgan fingerprint density at radius 2 is 0.173 bits per heavy atom. The van der Waals surface area contributed by atoms with Crippen LogP contribution in [0, 0.1) is 0 Å². The fourth-order valence-electron chi connectivity index (χ4n) is 17.1. The van der Waals surface area contributed by atoms with Crippen LogP contribution >= 0.6 is 11.1 Å². The summed E-state index contributed by atoms with van der Waals surface area (Å²) in [6, 6.07) is 169. The highest BCUT2D eigenvalue weighted by Crippen LogP contribution is 2.58. The van der Waals surface area contributed by atoms with Crippen LogP contribution in [0.15, 0.2) is 455 Å². The highest BCUT2D eigenvalue weighted by atomic mass is 35.6. The van der Waals surface area contributed by atoms with Crippen LogP contribution in [-0.2, 0) is 0 Å². The van der Waals surface area contributed by atoms with Crippen molar-refractivity contribution in [1.29, 1.82) is 0 Å². The summed E-state index contributed by atoms with van der Waals surface area (Å²) >= 11 is 11.5. The lowest BCUT2D eigenvalue weighted by Crippen LogP contribution is -2.66. The lowest BCUT2D eigenvalue weighted by atomic mass is 9.78. The van der Waals surface area contributed by atoms with Crippen molar-refractivity contribution in [2.24, 2.45) is 0 Å². The van der Waals surface area contributed by atoms with Crippen molar-refractivity contribution in [3.63, 3.8) is 0 Å². The lowest BCUT2D eigenvalue weighted by Gasteiger charge is -2.42. The van der Waals surface area contributed by atoms with Gasteiger partial charge in [-0.2, -0.15) is 0 Å². The number of halogens is 1. The summed E-state index contributed by atoms with van der Waals surface area (Å²) < 4.78 is 0. The largest absolute Gasteiger partial charge is 0.251 e. The predicted molar refractivity (Wildman–Crippen MR) is 471 cm³/mol. The van der Waals surface area contributed by atoms with Crippen LogP contribution in [0.3, 0.4) is 0 Å². The van der Waals surface area contributed by atoms with E-state index >= 15 is 0 Å². The Hall–Kier alpha value is -13.5. The SMILES string of the molecule is Cl[Si](c1c(-c2ccccc2)c(-c2ccccc2)c(-c2ccccc2)c(-c2ccccc2)c1-c1ccccc1)(c1c(-c2ccccc2)c(-c2ccccc2)c(-c2ccccc2)c(-c2ccccc2)c1-c1ccccc1)c1c(-c2ccccc2)c(-c2ccccc2)c(-c2ccccc2)c(-c2ccccc2)c1-c1ccccc1. The maximum atomic E-state index is 11.5. The maximum Gasteiger partial charge on any atom is 0.251 e. The minimum Gasteiger partial charge on any atom is -0.149 e. The Morgan fingerprint density at radius 1 is 0.100 bits per heavy atom. The summed E-state index contributed by atoms with van der Waals surface area (Å²) in [5, 5.41) is 3.11. The highest BCUT2D eigenvalue weighted by Gasteiger charge is 2.53. The van der Waals surface area contributed by atoms with E-state index in [1.165, 1.54) is 0 Å². The number of rotatable bonds is 18. The molecule has 0 unspecified atom stereocenters. The fourth-order valence-corrected chi connectivity index (χ4v) is 23.2. The molecule has 0 amide bonds. The third kappa shape index (κ3) is 12.5. The molecule has 0 bridgehead atoms. The van der Waals surface area contributed by atoms with Gasteiger partial charge in [-0.05, 0) is 182 Å². The Labute approximate surface area is 651 Å². The van der Waals surface area contributed by atoms with Gasteiger partial charge in [0.2, 0.25) is 0 Å². The Kier molecular flexibility index (Phi) is 19.1. The van der Waals surface area contributed by atoms with Gasteiger partial charge in [0, 0.05) is 0 Å². The van der Waals surface area contributed by atoms with E-state index in [1.54, 1.807) is 0 Å². The smallest absolute Gasteiger partial charge is 0.149 e. The minimum absolute atomic E-state index is 1.03. The second kappa shape index (κ2) is 30.7. The van der Waals surface area contributed by atoms with Crippen molar-refractivity contribution in [2.75, 3.05) is 0 Å². The summed E-state index contributed by atoms with van der Waals surface area (Å²) in [6.07, 6.45) is 0. The van der Waals surface area contributed by atoms with Gasteiger partial charge in [-0.15, -0.1) is 11.1 Å². The molecule has 18 rings (SSSR count). The van der Waals surface area contributed by atoms with Crippen molar-refractivity contribution >= 4 is 34.0 Å². The number of benzene rings is 18. The van der Waals surface area contributed by atoms with Crippen LogP contribution < -0.4 is 15.6 Å². The molecule has 0 aromatic heterocycles. The molecule has 0 fully saturated rings. The molecule has 18 aromatic carbocycles. The third-order valence-electron chi connectivity index (χ3n) is 21.5. The molecule has 0 radical (unpaired) electrons. The van der Waals surface area contributed by atoms with E-state index in [1.807, 2.05) is 0 Å². The van der Waals surface area contributed by atoms with Crippen molar-refractivity contribution in [3.8, 4) is 167 Å². The first kappa shape index (κ1) is 68.3. The Balaban J connectivity index is 1.29. The van der Waals surface area contributed by atoms with Crippen LogP contribution in [-0.4, -0.2) is 7.38 Å². The normalized spacial score (nSPS) is 11.3. The first-order valence-electron chi connectivity index (χ1n) is 37.8. The van der Waals surface area contributed by atoms with Gasteiger partial charge in [-0.25, -0.2) is 0 Å². The van der Waals surface area contributed by atoms with E-state index in [2.05, 4.69) is 455 Å². The fraction of sp³-hybridized carbons (Fsp3) is 0. The van der Waals surface area contributed by atoms with Crippen molar-refractivity contribution in [3.05, 3.63) is 455 Å². The van der Waals surface area contributed by atoms with Gasteiger partial charge in [-0.1, -0.05) is 455 Å². The van der Waals surface area contributed by atoms with Crippen LogP contribution in [0.25, 0.3) is 167 Å². The van der Waals surface area contributed by atoms with E-state index in [4.69, 9.17) is 0 Å². The molecule has 0 aliphatic heterocycles. The average Bonchev–Trinajstić information content (AvgIpc) is 0.670. The lowest BCUT2D eigenvalue weighted by molar-refractivity contribution is 1.52. The van der Waals surface area contributed by atoms with Crippen LogP contribution in [0.4, 0.5) is 0 Å². The molecule has 0 aliphatic carbocycles.